The van der Waals surface area contributed by atoms with Crippen molar-refractivity contribution in [3.63, 3.8) is 0 Å². The van der Waals surface area contributed by atoms with Gasteiger partial charge in [0, 0.05) is 22.9 Å². The zero-order valence-electron chi connectivity index (χ0n) is 19.4. The Morgan fingerprint density at radius 2 is 1.83 bits per heavy atom. The SMILES string of the molecule is CC(C)N(CC(=O)N1c2ccccc2-n2cccc2C1c1ccco1)C(=O)Nc1cccc(Cl)c1. The average molecular weight is 489 g/mol. The van der Waals surface area contributed by atoms with Gasteiger partial charge in [0.25, 0.3) is 0 Å². The molecule has 1 aliphatic heterocycles. The predicted molar refractivity (Wildman–Crippen MR) is 136 cm³/mol. The van der Waals surface area contributed by atoms with Crippen LogP contribution in [0.25, 0.3) is 5.69 Å². The summed E-state index contributed by atoms with van der Waals surface area (Å²) in [5.41, 5.74) is 3.12. The molecule has 35 heavy (non-hydrogen) atoms. The fraction of sp³-hybridized carbons (Fsp3) is 0.185. The standard InChI is InChI=1S/C27H25ClN4O3/c1-18(2)31(27(34)29-20-9-5-8-19(28)16-20)17-25(33)32-22-11-4-3-10-21(22)30-14-6-12-23(30)26(32)24-13-7-15-35-24/h3-16,18,26H,17H2,1-2H3,(H,29,34). The van der Waals surface area contributed by atoms with Crippen molar-refractivity contribution >= 4 is 34.9 Å². The van der Waals surface area contributed by atoms with Gasteiger partial charge in [0.2, 0.25) is 5.91 Å². The first-order chi connectivity index (χ1) is 16.9. The number of nitrogens with one attached hydrogen (secondary N) is 1. The van der Waals surface area contributed by atoms with E-state index in [1.165, 1.54) is 4.90 Å². The molecule has 1 atom stereocenters. The molecule has 1 unspecified atom stereocenters. The van der Waals surface area contributed by atoms with Crippen LogP contribution in [0.3, 0.4) is 0 Å². The average Bonchev–Trinajstić information content (AvgIpc) is 3.54. The van der Waals surface area contributed by atoms with Gasteiger partial charge in [0.05, 0.1) is 23.3 Å². The monoisotopic (exact) mass is 488 g/mol. The van der Waals surface area contributed by atoms with Crippen molar-refractivity contribution in [3.8, 4) is 5.69 Å². The van der Waals surface area contributed by atoms with Crippen LogP contribution in [0.15, 0.2) is 89.7 Å². The minimum Gasteiger partial charge on any atom is -0.467 e. The van der Waals surface area contributed by atoms with E-state index in [4.69, 9.17) is 16.0 Å². The van der Waals surface area contributed by atoms with E-state index in [9.17, 15) is 9.59 Å². The lowest BCUT2D eigenvalue weighted by atomic mass is 10.0. The number of nitrogens with zero attached hydrogens (tertiary/aromatic N) is 3. The van der Waals surface area contributed by atoms with Gasteiger partial charge in [-0.1, -0.05) is 29.8 Å². The Morgan fingerprint density at radius 3 is 2.54 bits per heavy atom. The molecule has 2 aromatic carbocycles. The van der Waals surface area contributed by atoms with Gasteiger partial charge in [-0.15, -0.1) is 0 Å². The Bertz CT molecular complexity index is 1360. The number of hydrogen-bond donors (Lipinski definition) is 1. The predicted octanol–water partition coefficient (Wildman–Crippen LogP) is 6.10. The Hall–Kier alpha value is -3.97. The second-order valence-electron chi connectivity index (χ2n) is 8.64. The molecular formula is C27H25ClN4O3. The zero-order chi connectivity index (χ0) is 24.5. The van der Waals surface area contributed by atoms with Crippen LogP contribution in [0, 0.1) is 0 Å². The first kappa shape index (κ1) is 22.8. The molecule has 8 heteroatoms. The Labute approximate surface area is 208 Å². The number of furan rings is 1. The second-order valence-corrected chi connectivity index (χ2v) is 9.07. The molecule has 1 N–H and O–H groups in total. The molecule has 178 valence electrons. The molecule has 3 heterocycles. The summed E-state index contributed by atoms with van der Waals surface area (Å²) in [6, 6.07) is 21.2. The Kier molecular flexibility index (Phi) is 6.09. The third-order valence-electron chi connectivity index (χ3n) is 6.07. The first-order valence-electron chi connectivity index (χ1n) is 11.4. The van der Waals surface area contributed by atoms with Crippen molar-refractivity contribution in [1.29, 1.82) is 0 Å². The molecule has 5 rings (SSSR count). The van der Waals surface area contributed by atoms with Crippen molar-refractivity contribution < 1.29 is 14.0 Å². The van der Waals surface area contributed by atoms with Crippen LogP contribution < -0.4 is 10.2 Å². The highest BCUT2D eigenvalue weighted by molar-refractivity contribution is 6.30. The first-order valence-corrected chi connectivity index (χ1v) is 11.8. The molecule has 0 saturated heterocycles. The third-order valence-corrected chi connectivity index (χ3v) is 6.30. The fourth-order valence-electron chi connectivity index (χ4n) is 4.45. The smallest absolute Gasteiger partial charge is 0.322 e. The molecule has 0 bridgehead atoms. The van der Waals surface area contributed by atoms with E-state index in [1.807, 2.05) is 68.6 Å². The summed E-state index contributed by atoms with van der Waals surface area (Å²) in [4.78, 5) is 30.4. The van der Waals surface area contributed by atoms with Crippen molar-refractivity contribution in [2.24, 2.45) is 0 Å². The summed E-state index contributed by atoms with van der Waals surface area (Å²) < 4.78 is 7.84. The topological polar surface area (TPSA) is 70.7 Å². The third kappa shape index (κ3) is 4.31. The van der Waals surface area contributed by atoms with Gasteiger partial charge < -0.3 is 19.2 Å². The number of aromatic nitrogens is 1. The minimum atomic E-state index is -0.465. The number of hydrogen-bond acceptors (Lipinski definition) is 3. The van der Waals surface area contributed by atoms with E-state index in [-0.39, 0.29) is 24.5 Å². The van der Waals surface area contributed by atoms with Crippen LogP contribution in [0.1, 0.15) is 31.3 Å². The van der Waals surface area contributed by atoms with Crippen LogP contribution in [0.4, 0.5) is 16.2 Å². The largest absolute Gasteiger partial charge is 0.467 e. The zero-order valence-corrected chi connectivity index (χ0v) is 20.1. The summed E-state index contributed by atoms with van der Waals surface area (Å²) in [7, 11) is 0. The Balaban J connectivity index is 1.49. The van der Waals surface area contributed by atoms with Crippen LogP contribution in [-0.2, 0) is 4.79 Å². The van der Waals surface area contributed by atoms with Gasteiger partial charge in [-0.05, 0) is 68.4 Å². The molecule has 0 saturated carbocycles. The number of benzene rings is 2. The van der Waals surface area contributed by atoms with E-state index < -0.39 is 6.04 Å². The number of anilines is 2. The van der Waals surface area contributed by atoms with Gasteiger partial charge in [-0.25, -0.2) is 4.79 Å². The highest BCUT2D eigenvalue weighted by atomic mass is 35.5. The molecular weight excluding hydrogens is 464 g/mol. The van der Waals surface area contributed by atoms with Gasteiger partial charge >= 0.3 is 6.03 Å². The molecule has 0 radical (unpaired) electrons. The summed E-state index contributed by atoms with van der Waals surface area (Å²) in [5, 5.41) is 3.37. The van der Waals surface area contributed by atoms with Crippen LogP contribution in [0.5, 0.6) is 0 Å². The second kappa shape index (κ2) is 9.35. The van der Waals surface area contributed by atoms with E-state index >= 15 is 0 Å². The number of urea groups is 1. The molecule has 0 aliphatic carbocycles. The number of rotatable bonds is 5. The van der Waals surface area contributed by atoms with Gasteiger partial charge in [-0.2, -0.15) is 0 Å². The molecule has 3 amide bonds. The van der Waals surface area contributed by atoms with Crippen LogP contribution >= 0.6 is 11.6 Å². The summed E-state index contributed by atoms with van der Waals surface area (Å²) in [5.74, 6) is 0.425. The normalized spacial score (nSPS) is 14.4. The number of carbonyl (C=O) groups excluding carboxylic acids is 2. The number of carbonyl (C=O) groups is 2. The maximum atomic E-state index is 14.0. The summed E-state index contributed by atoms with van der Waals surface area (Å²) in [6.45, 7) is 3.64. The number of para-hydroxylation sites is 2. The van der Waals surface area contributed by atoms with Crippen molar-refractivity contribution in [1.82, 2.24) is 9.47 Å². The van der Waals surface area contributed by atoms with Crippen molar-refractivity contribution in [2.75, 3.05) is 16.8 Å². The molecule has 0 fully saturated rings. The lowest BCUT2D eigenvalue weighted by molar-refractivity contribution is -0.120. The highest BCUT2D eigenvalue weighted by Crippen LogP contribution is 2.42. The summed E-state index contributed by atoms with van der Waals surface area (Å²) >= 11 is 6.06. The van der Waals surface area contributed by atoms with Crippen LogP contribution in [0.2, 0.25) is 5.02 Å². The molecule has 0 spiro atoms. The molecule has 4 aromatic rings. The maximum Gasteiger partial charge on any atom is 0.322 e. The summed E-state index contributed by atoms with van der Waals surface area (Å²) in [6.07, 6.45) is 3.58. The number of amides is 3. The highest BCUT2D eigenvalue weighted by Gasteiger charge is 2.38. The quantitative estimate of drug-likeness (QED) is 0.369. The van der Waals surface area contributed by atoms with E-state index in [2.05, 4.69) is 9.88 Å². The lowest BCUT2D eigenvalue weighted by Gasteiger charge is -2.38. The van der Waals surface area contributed by atoms with Crippen molar-refractivity contribution in [3.05, 3.63) is 102 Å². The lowest BCUT2D eigenvalue weighted by Crippen LogP contribution is -2.49. The fourth-order valence-corrected chi connectivity index (χ4v) is 4.64. The molecule has 1 aliphatic rings. The van der Waals surface area contributed by atoms with Gasteiger partial charge in [-0.3, -0.25) is 9.69 Å². The van der Waals surface area contributed by atoms with E-state index in [1.54, 1.807) is 35.4 Å². The number of fused-ring (bicyclic) bond motifs is 3. The van der Waals surface area contributed by atoms with Gasteiger partial charge in [0.1, 0.15) is 18.3 Å². The Morgan fingerprint density at radius 1 is 1.03 bits per heavy atom. The van der Waals surface area contributed by atoms with E-state index in [0.29, 0.717) is 16.5 Å². The molecule has 7 nitrogen and oxygen atoms in total. The van der Waals surface area contributed by atoms with Crippen LogP contribution in [-0.4, -0.2) is 34.0 Å². The van der Waals surface area contributed by atoms with E-state index in [0.717, 1.165) is 17.1 Å². The number of halogens is 1. The minimum absolute atomic E-state index is 0.115. The maximum absolute atomic E-state index is 14.0. The van der Waals surface area contributed by atoms with Gasteiger partial charge in [0.15, 0.2) is 0 Å². The molecule has 2 aromatic heterocycles. The van der Waals surface area contributed by atoms with Crippen molar-refractivity contribution in [2.45, 2.75) is 25.9 Å².